The number of carbonyl (C=O) groups is 1. The Morgan fingerprint density at radius 3 is 2.89 bits per heavy atom. The molecule has 2 N–H and O–H groups in total. The van der Waals surface area contributed by atoms with Gasteiger partial charge in [0.15, 0.2) is 0 Å². The molecule has 0 radical (unpaired) electrons. The van der Waals surface area contributed by atoms with Gasteiger partial charge in [-0.15, -0.1) is 0 Å². The van der Waals surface area contributed by atoms with Crippen molar-refractivity contribution in [1.82, 2.24) is 15.2 Å². The maximum Gasteiger partial charge on any atom is 0.269 e. The quantitative estimate of drug-likeness (QED) is 0.841. The van der Waals surface area contributed by atoms with Crippen molar-refractivity contribution in [2.24, 2.45) is 0 Å². The third-order valence-corrected chi connectivity index (χ3v) is 3.44. The summed E-state index contributed by atoms with van der Waals surface area (Å²) in [5.41, 5.74) is 1.36. The molecule has 0 bridgehead atoms. The molecule has 0 unspecified atom stereocenters. The summed E-state index contributed by atoms with van der Waals surface area (Å²) in [4.78, 5) is 18.4. The van der Waals surface area contributed by atoms with Crippen LogP contribution in [0.15, 0.2) is 18.3 Å². The smallest absolute Gasteiger partial charge is 0.269 e. The molecular weight excluding hydrogens is 240 g/mol. The van der Waals surface area contributed by atoms with E-state index in [4.69, 9.17) is 0 Å². The summed E-state index contributed by atoms with van der Waals surface area (Å²) in [6, 6.07) is 3.60. The fourth-order valence-corrected chi connectivity index (χ4v) is 2.31. The minimum Gasteiger partial charge on any atom is -0.388 e. The maximum atomic E-state index is 11.9. The molecule has 0 atom stereocenters. The highest BCUT2D eigenvalue weighted by Crippen LogP contribution is 2.08. The molecule has 0 spiro atoms. The molecule has 0 aliphatic carbocycles. The molecule has 5 heteroatoms. The monoisotopic (exact) mass is 262 g/mol. The molecule has 1 aliphatic heterocycles. The Bertz CT molecular complexity index is 416. The molecule has 1 saturated heterocycles. The summed E-state index contributed by atoms with van der Waals surface area (Å²) < 4.78 is 0. The fraction of sp³-hybridized carbons (Fsp3) is 0.571. The van der Waals surface area contributed by atoms with Crippen LogP contribution in [-0.4, -0.2) is 49.0 Å². The van der Waals surface area contributed by atoms with Crippen LogP contribution < -0.4 is 10.6 Å². The molecule has 0 saturated carbocycles. The van der Waals surface area contributed by atoms with E-state index in [2.05, 4.69) is 20.5 Å². The molecule has 0 aromatic carbocycles. The second-order valence-corrected chi connectivity index (χ2v) is 4.84. The van der Waals surface area contributed by atoms with Gasteiger partial charge in [-0.2, -0.15) is 0 Å². The maximum absolute atomic E-state index is 11.9. The van der Waals surface area contributed by atoms with Gasteiger partial charge >= 0.3 is 0 Å². The van der Waals surface area contributed by atoms with E-state index in [-0.39, 0.29) is 5.91 Å². The van der Waals surface area contributed by atoms with Crippen LogP contribution in [-0.2, 0) is 0 Å². The topological polar surface area (TPSA) is 57.3 Å². The van der Waals surface area contributed by atoms with E-state index < -0.39 is 0 Å². The van der Waals surface area contributed by atoms with Crippen molar-refractivity contribution in [1.29, 1.82) is 0 Å². The Hall–Kier alpha value is -1.62. The first kappa shape index (κ1) is 13.8. The second-order valence-electron chi connectivity index (χ2n) is 4.84. The van der Waals surface area contributed by atoms with Crippen molar-refractivity contribution in [2.75, 3.05) is 38.5 Å². The van der Waals surface area contributed by atoms with Gasteiger partial charge in [-0.05, 0) is 38.1 Å². The third-order valence-electron chi connectivity index (χ3n) is 3.44. The first-order valence-corrected chi connectivity index (χ1v) is 6.94. The largest absolute Gasteiger partial charge is 0.388 e. The van der Waals surface area contributed by atoms with E-state index in [0.717, 1.165) is 25.3 Å². The molecule has 1 aromatic rings. The van der Waals surface area contributed by atoms with Crippen molar-refractivity contribution in [3.63, 3.8) is 0 Å². The second kappa shape index (κ2) is 7.09. The molecule has 104 valence electrons. The number of hydrogen-bond acceptors (Lipinski definition) is 4. The molecule has 1 aliphatic rings. The highest BCUT2D eigenvalue weighted by atomic mass is 16.1. The number of anilines is 1. The number of piperidine rings is 1. The Balaban J connectivity index is 1.77. The van der Waals surface area contributed by atoms with Gasteiger partial charge in [0.05, 0.1) is 0 Å². The first-order valence-electron chi connectivity index (χ1n) is 6.94. The number of hydrogen-bond donors (Lipinski definition) is 2. The van der Waals surface area contributed by atoms with Gasteiger partial charge in [-0.3, -0.25) is 9.78 Å². The standard InChI is InChI=1S/C14H22N4O/c1-15-12-5-6-16-13(11-12)14(19)17-7-10-18-8-3-2-4-9-18/h5-6,11H,2-4,7-10H2,1H3,(H,15,16)(H,17,19). The van der Waals surface area contributed by atoms with Crippen LogP contribution in [0.5, 0.6) is 0 Å². The lowest BCUT2D eigenvalue weighted by Gasteiger charge is -2.26. The van der Waals surface area contributed by atoms with E-state index in [1.54, 1.807) is 12.3 Å². The molecular formula is C14H22N4O. The van der Waals surface area contributed by atoms with Gasteiger partial charge in [0.1, 0.15) is 5.69 Å². The van der Waals surface area contributed by atoms with Crippen LogP contribution in [0, 0.1) is 0 Å². The van der Waals surface area contributed by atoms with Gasteiger partial charge in [-0.25, -0.2) is 0 Å². The molecule has 1 aromatic heterocycles. The summed E-state index contributed by atoms with van der Waals surface area (Å²) in [6.45, 7) is 3.93. The number of pyridine rings is 1. The van der Waals surface area contributed by atoms with E-state index in [9.17, 15) is 4.79 Å². The molecule has 19 heavy (non-hydrogen) atoms. The summed E-state index contributed by atoms with van der Waals surface area (Å²) in [5, 5.41) is 5.93. The average molecular weight is 262 g/mol. The Morgan fingerprint density at radius 2 is 2.16 bits per heavy atom. The van der Waals surface area contributed by atoms with Gasteiger partial charge < -0.3 is 15.5 Å². The van der Waals surface area contributed by atoms with Crippen molar-refractivity contribution in [3.05, 3.63) is 24.0 Å². The highest BCUT2D eigenvalue weighted by molar-refractivity contribution is 5.93. The van der Waals surface area contributed by atoms with Crippen LogP contribution in [0.3, 0.4) is 0 Å². The van der Waals surface area contributed by atoms with Gasteiger partial charge in [0.2, 0.25) is 0 Å². The lowest BCUT2D eigenvalue weighted by atomic mass is 10.1. The highest BCUT2D eigenvalue weighted by Gasteiger charge is 2.11. The fourth-order valence-electron chi connectivity index (χ4n) is 2.31. The predicted molar refractivity (Wildman–Crippen MR) is 76.4 cm³/mol. The van der Waals surface area contributed by atoms with E-state index in [1.807, 2.05) is 13.1 Å². The number of amides is 1. The summed E-state index contributed by atoms with van der Waals surface area (Å²) in [5.74, 6) is -0.103. The molecule has 1 amide bonds. The summed E-state index contributed by atoms with van der Waals surface area (Å²) >= 11 is 0. The van der Waals surface area contributed by atoms with Crippen molar-refractivity contribution in [2.45, 2.75) is 19.3 Å². The first-order chi connectivity index (χ1) is 9.29. The van der Waals surface area contributed by atoms with Crippen LogP contribution in [0.1, 0.15) is 29.8 Å². The number of nitrogens with one attached hydrogen (secondary N) is 2. The third kappa shape index (κ3) is 4.21. The van der Waals surface area contributed by atoms with Crippen LogP contribution in [0.2, 0.25) is 0 Å². The molecule has 2 rings (SSSR count). The van der Waals surface area contributed by atoms with Crippen molar-refractivity contribution in [3.8, 4) is 0 Å². The van der Waals surface area contributed by atoms with E-state index in [0.29, 0.717) is 12.2 Å². The van der Waals surface area contributed by atoms with Crippen LogP contribution >= 0.6 is 0 Å². The zero-order valence-electron chi connectivity index (χ0n) is 11.5. The lowest BCUT2D eigenvalue weighted by molar-refractivity contribution is 0.0941. The average Bonchev–Trinajstić information content (AvgIpc) is 2.48. The summed E-state index contributed by atoms with van der Waals surface area (Å²) in [6.07, 6.45) is 5.54. The van der Waals surface area contributed by atoms with E-state index >= 15 is 0 Å². The van der Waals surface area contributed by atoms with Gasteiger partial charge in [0, 0.05) is 32.0 Å². The minimum atomic E-state index is -0.103. The van der Waals surface area contributed by atoms with Crippen LogP contribution in [0.25, 0.3) is 0 Å². The Labute approximate surface area is 114 Å². The zero-order chi connectivity index (χ0) is 13.5. The number of likely N-dealkylation sites (tertiary alicyclic amines) is 1. The molecule has 2 heterocycles. The normalized spacial score (nSPS) is 16.1. The Kier molecular flexibility index (Phi) is 5.15. The van der Waals surface area contributed by atoms with Gasteiger partial charge in [0.25, 0.3) is 5.91 Å². The lowest BCUT2D eigenvalue weighted by Crippen LogP contribution is -2.37. The number of rotatable bonds is 5. The number of nitrogens with zero attached hydrogens (tertiary/aromatic N) is 2. The Morgan fingerprint density at radius 1 is 1.37 bits per heavy atom. The number of carbonyl (C=O) groups excluding carboxylic acids is 1. The van der Waals surface area contributed by atoms with Crippen molar-refractivity contribution < 1.29 is 4.79 Å². The SMILES string of the molecule is CNc1ccnc(C(=O)NCCN2CCCCC2)c1. The van der Waals surface area contributed by atoms with E-state index in [1.165, 1.54) is 19.3 Å². The predicted octanol–water partition coefficient (Wildman–Crippen LogP) is 1.34. The minimum absolute atomic E-state index is 0.103. The van der Waals surface area contributed by atoms with Crippen LogP contribution in [0.4, 0.5) is 5.69 Å². The van der Waals surface area contributed by atoms with Gasteiger partial charge in [-0.1, -0.05) is 6.42 Å². The zero-order valence-corrected chi connectivity index (χ0v) is 11.5. The van der Waals surface area contributed by atoms with Crippen molar-refractivity contribution >= 4 is 11.6 Å². The molecule has 1 fully saturated rings. The number of aromatic nitrogens is 1. The summed E-state index contributed by atoms with van der Waals surface area (Å²) in [7, 11) is 1.83. The molecule has 5 nitrogen and oxygen atoms in total.